The van der Waals surface area contributed by atoms with Crippen LogP contribution in [-0.4, -0.2) is 41.7 Å². The van der Waals surface area contributed by atoms with Crippen molar-refractivity contribution in [1.29, 1.82) is 0 Å². The predicted molar refractivity (Wildman–Crippen MR) is 95.3 cm³/mol. The molecule has 1 amide bonds. The van der Waals surface area contributed by atoms with Crippen LogP contribution in [0, 0.1) is 5.92 Å². The summed E-state index contributed by atoms with van der Waals surface area (Å²) in [4.78, 5) is 25.5. The molecule has 0 heterocycles. The van der Waals surface area contributed by atoms with Crippen molar-refractivity contribution in [3.63, 3.8) is 0 Å². The summed E-state index contributed by atoms with van der Waals surface area (Å²) in [6.45, 7) is -0.140. The van der Waals surface area contributed by atoms with E-state index in [2.05, 4.69) is 5.32 Å². The second kappa shape index (κ2) is 9.71. The number of ketones is 1. The van der Waals surface area contributed by atoms with Gasteiger partial charge >= 0.3 is 0 Å². The van der Waals surface area contributed by atoms with Gasteiger partial charge in [-0.05, 0) is 24.0 Å². The summed E-state index contributed by atoms with van der Waals surface area (Å²) in [7, 11) is 0. The Morgan fingerprint density at radius 1 is 0.920 bits per heavy atom. The van der Waals surface area contributed by atoms with E-state index < -0.39 is 11.8 Å². The zero-order chi connectivity index (χ0) is 18.1. The average Bonchev–Trinajstić information content (AvgIpc) is 2.65. The zero-order valence-electron chi connectivity index (χ0n) is 14.0. The van der Waals surface area contributed by atoms with Crippen LogP contribution in [0.25, 0.3) is 0 Å². The molecule has 0 aliphatic rings. The molecule has 2 aromatic carbocycles. The number of nitrogens with one attached hydrogen (secondary N) is 1. The van der Waals surface area contributed by atoms with Crippen molar-refractivity contribution in [2.24, 2.45) is 5.92 Å². The second-order valence-corrected chi connectivity index (χ2v) is 5.75. The van der Waals surface area contributed by atoms with Gasteiger partial charge in [0.25, 0.3) is 0 Å². The lowest BCUT2D eigenvalue weighted by atomic mass is 9.88. The van der Waals surface area contributed by atoms with Crippen LogP contribution in [0.4, 0.5) is 0 Å². The Bertz CT molecular complexity index is 700. The highest BCUT2D eigenvalue weighted by Crippen LogP contribution is 2.19. The molecule has 25 heavy (non-hydrogen) atoms. The van der Waals surface area contributed by atoms with Crippen LogP contribution in [0.1, 0.15) is 21.5 Å². The first kappa shape index (κ1) is 18.8. The lowest BCUT2D eigenvalue weighted by molar-refractivity contribution is -0.123. The van der Waals surface area contributed by atoms with Crippen LogP contribution >= 0.6 is 0 Å². The molecule has 1 atom stereocenters. The average molecular weight is 341 g/mol. The van der Waals surface area contributed by atoms with E-state index in [1.54, 1.807) is 24.3 Å². The third-order valence-corrected chi connectivity index (χ3v) is 3.99. The Kier molecular flexibility index (Phi) is 7.32. The van der Waals surface area contributed by atoms with Crippen molar-refractivity contribution < 1.29 is 19.8 Å². The fraction of sp³-hybridized carbons (Fsp3) is 0.300. The first-order valence-electron chi connectivity index (χ1n) is 8.32. The van der Waals surface area contributed by atoms with E-state index in [4.69, 9.17) is 5.11 Å². The zero-order valence-corrected chi connectivity index (χ0v) is 14.0. The smallest absolute Gasteiger partial charge is 0.231 e. The highest BCUT2D eigenvalue weighted by Gasteiger charge is 2.28. The van der Waals surface area contributed by atoms with Gasteiger partial charge in [0.2, 0.25) is 5.91 Å². The van der Waals surface area contributed by atoms with Crippen LogP contribution in [-0.2, 0) is 17.6 Å². The number of aliphatic hydroxyl groups excluding tert-OH is 2. The highest BCUT2D eigenvalue weighted by molar-refractivity contribution is 6.11. The third kappa shape index (κ3) is 5.24. The van der Waals surface area contributed by atoms with E-state index >= 15 is 0 Å². The van der Waals surface area contributed by atoms with Crippen molar-refractivity contribution in [3.05, 3.63) is 71.3 Å². The van der Waals surface area contributed by atoms with E-state index in [-0.39, 0.29) is 32.0 Å². The van der Waals surface area contributed by atoms with Gasteiger partial charge in [-0.25, -0.2) is 0 Å². The molecule has 0 aliphatic carbocycles. The molecule has 0 saturated heterocycles. The number of rotatable bonds is 9. The topological polar surface area (TPSA) is 86.6 Å². The summed E-state index contributed by atoms with van der Waals surface area (Å²) in [6, 6.07) is 16.4. The molecule has 1 unspecified atom stereocenters. The molecule has 0 aromatic heterocycles. The number of hydrogen-bond acceptors (Lipinski definition) is 4. The minimum absolute atomic E-state index is 0.0651. The number of amides is 1. The first-order chi connectivity index (χ1) is 12.2. The van der Waals surface area contributed by atoms with E-state index in [0.717, 1.165) is 11.1 Å². The SMILES string of the molecule is O=C(NCCO)C(Cc1ccccc1)C(=O)c1ccccc1CCO. The number of hydrogen-bond donors (Lipinski definition) is 3. The molecule has 132 valence electrons. The number of benzene rings is 2. The van der Waals surface area contributed by atoms with E-state index in [9.17, 15) is 14.7 Å². The van der Waals surface area contributed by atoms with Gasteiger partial charge in [0.05, 0.1) is 6.61 Å². The van der Waals surface area contributed by atoms with Crippen LogP contribution in [0.15, 0.2) is 54.6 Å². The predicted octanol–water partition coefficient (Wildman–Crippen LogP) is 1.37. The standard InChI is InChI=1S/C20H23NO4/c22-12-10-16-8-4-5-9-17(16)19(24)18(20(25)21-11-13-23)14-15-6-2-1-3-7-15/h1-9,18,22-23H,10-14H2,(H,21,25). The largest absolute Gasteiger partial charge is 0.396 e. The number of carbonyl (C=O) groups excluding carboxylic acids is 2. The van der Waals surface area contributed by atoms with Gasteiger partial charge in [-0.1, -0.05) is 54.6 Å². The van der Waals surface area contributed by atoms with E-state index in [1.807, 2.05) is 30.3 Å². The maximum atomic E-state index is 13.0. The normalized spacial score (nSPS) is 11.8. The van der Waals surface area contributed by atoms with E-state index in [1.165, 1.54) is 0 Å². The van der Waals surface area contributed by atoms with Crippen molar-refractivity contribution >= 4 is 11.7 Å². The summed E-state index contributed by atoms with van der Waals surface area (Å²) in [5.41, 5.74) is 2.07. The van der Waals surface area contributed by atoms with Gasteiger partial charge < -0.3 is 15.5 Å². The molecule has 5 nitrogen and oxygen atoms in total. The van der Waals surface area contributed by atoms with Gasteiger partial charge in [-0.3, -0.25) is 9.59 Å². The van der Waals surface area contributed by atoms with Crippen molar-refractivity contribution in [2.45, 2.75) is 12.8 Å². The molecule has 0 spiro atoms. The summed E-state index contributed by atoms with van der Waals surface area (Å²) in [5, 5.41) is 20.7. The molecule has 0 radical (unpaired) electrons. The molecule has 5 heteroatoms. The fourth-order valence-electron chi connectivity index (χ4n) is 2.74. The van der Waals surface area contributed by atoms with Gasteiger partial charge in [-0.2, -0.15) is 0 Å². The third-order valence-electron chi connectivity index (χ3n) is 3.99. The molecule has 0 fully saturated rings. The van der Waals surface area contributed by atoms with Crippen molar-refractivity contribution in [1.82, 2.24) is 5.32 Å². The Morgan fingerprint density at radius 3 is 2.28 bits per heavy atom. The lowest BCUT2D eigenvalue weighted by Gasteiger charge is -2.17. The highest BCUT2D eigenvalue weighted by atomic mass is 16.3. The molecule has 2 aromatic rings. The number of Topliss-reactive ketones (excluding diaryl/α,β-unsaturated/α-hetero) is 1. The summed E-state index contributed by atoms with van der Waals surface area (Å²) < 4.78 is 0. The van der Waals surface area contributed by atoms with Gasteiger partial charge in [0, 0.05) is 18.7 Å². The fourth-order valence-corrected chi connectivity index (χ4v) is 2.74. The van der Waals surface area contributed by atoms with Gasteiger partial charge in [0.15, 0.2) is 5.78 Å². The monoisotopic (exact) mass is 341 g/mol. The van der Waals surface area contributed by atoms with Gasteiger partial charge in [0.1, 0.15) is 5.92 Å². The molecule has 0 saturated carbocycles. The second-order valence-electron chi connectivity index (χ2n) is 5.75. The maximum absolute atomic E-state index is 13.0. The van der Waals surface area contributed by atoms with E-state index in [0.29, 0.717) is 12.0 Å². The Morgan fingerprint density at radius 2 is 1.60 bits per heavy atom. The number of carbonyl (C=O) groups is 2. The van der Waals surface area contributed by atoms with Crippen molar-refractivity contribution in [3.8, 4) is 0 Å². The quantitative estimate of drug-likeness (QED) is 0.475. The molecular formula is C20H23NO4. The number of aliphatic hydroxyl groups is 2. The van der Waals surface area contributed by atoms with Crippen LogP contribution in [0.5, 0.6) is 0 Å². The van der Waals surface area contributed by atoms with Crippen LogP contribution in [0.2, 0.25) is 0 Å². The minimum atomic E-state index is -0.881. The maximum Gasteiger partial charge on any atom is 0.231 e. The Labute approximate surface area is 147 Å². The first-order valence-corrected chi connectivity index (χ1v) is 8.32. The molecule has 3 N–H and O–H groups in total. The van der Waals surface area contributed by atoms with Crippen molar-refractivity contribution in [2.75, 3.05) is 19.8 Å². The summed E-state index contributed by atoms with van der Waals surface area (Å²) >= 11 is 0. The summed E-state index contributed by atoms with van der Waals surface area (Å²) in [6.07, 6.45) is 0.641. The molecule has 2 rings (SSSR count). The molecule has 0 aliphatic heterocycles. The minimum Gasteiger partial charge on any atom is -0.396 e. The molecular weight excluding hydrogens is 318 g/mol. The molecule has 0 bridgehead atoms. The Hall–Kier alpha value is -2.50. The van der Waals surface area contributed by atoms with Crippen LogP contribution in [0.3, 0.4) is 0 Å². The Balaban J connectivity index is 2.30. The lowest BCUT2D eigenvalue weighted by Crippen LogP contribution is -2.38. The van der Waals surface area contributed by atoms with Crippen LogP contribution < -0.4 is 5.32 Å². The van der Waals surface area contributed by atoms with Gasteiger partial charge in [-0.15, -0.1) is 0 Å². The summed E-state index contributed by atoms with van der Waals surface area (Å²) in [5.74, 6) is -1.56.